The Morgan fingerprint density at radius 1 is 1.56 bits per heavy atom. The molecule has 0 spiro atoms. The van der Waals surface area contributed by atoms with Gasteiger partial charge in [0.15, 0.2) is 0 Å². The SMILES string of the molecule is CCCCC=C[n+]1cnc(OS(=O)(=O)O)c(O)c1. The minimum absolute atomic E-state index is 0.490. The molecule has 0 atom stereocenters. The predicted molar refractivity (Wildman–Crippen MR) is 63.1 cm³/mol. The van der Waals surface area contributed by atoms with Gasteiger partial charge < -0.3 is 9.29 Å². The molecule has 0 aliphatic carbocycles. The molecule has 0 saturated carbocycles. The Morgan fingerprint density at radius 3 is 2.83 bits per heavy atom. The van der Waals surface area contributed by atoms with Crippen molar-refractivity contribution in [2.75, 3.05) is 0 Å². The van der Waals surface area contributed by atoms with E-state index in [0.717, 1.165) is 19.3 Å². The number of hydrogen-bond donors (Lipinski definition) is 2. The van der Waals surface area contributed by atoms with Gasteiger partial charge in [0.1, 0.15) is 6.20 Å². The predicted octanol–water partition coefficient (Wildman–Crippen LogP) is 0.917. The van der Waals surface area contributed by atoms with Gasteiger partial charge in [0.05, 0.1) is 6.20 Å². The van der Waals surface area contributed by atoms with Crippen LogP contribution in [0.5, 0.6) is 11.6 Å². The van der Waals surface area contributed by atoms with E-state index in [1.54, 1.807) is 6.20 Å². The fraction of sp³-hybridized carbons (Fsp3) is 0.400. The van der Waals surface area contributed by atoms with Crippen LogP contribution in [0.2, 0.25) is 0 Å². The maximum absolute atomic E-state index is 10.4. The highest BCUT2D eigenvalue weighted by atomic mass is 32.3. The molecule has 18 heavy (non-hydrogen) atoms. The maximum atomic E-state index is 10.4. The average Bonchev–Trinajstić information content (AvgIpc) is 2.26. The molecule has 100 valence electrons. The lowest BCUT2D eigenvalue weighted by atomic mass is 10.2. The van der Waals surface area contributed by atoms with Crippen LogP contribution in [-0.4, -0.2) is 23.1 Å². The fourth-order valence-corrected chi connectivity index (χ4v) is 1.51. The van der Waals surface area contributed by atoms with Gasteiger partial charge >= 0.3 is 16.3 Å². The highest BCUT2D eigenvalue weighted by Gasteiger charge is 2.18. The summed E-state index contributed by atoms with van der Waals surface area (Å²) in [6, 6.07) is 0. The van der Waals surface area contributed by atoms with Crippen LogP contribution in [0.15, 0.2) is 18.6 Å². The zero-order valence-electron chi connectivity index (χ0n) is 9.85. The van der Waals surface area contributed by atoms with Crippen LogP contribution in [0.4, 0.5) is 0 Å². The molecule has 8 heteroatoms. The van der Waals surface area contributed by atoms with E-state index in [4.69, 9.17) is 4.55 Å². The zero-order chi connectivity index (χ0) is 13.6. The summed E-state index contributed by atoms with van der Waals surface area (Å²) in [4.78, 5) is 3.56. The molecule has 7 nitrogen and oxygen atoms in total. The number of rotatable bonds is 6. The molecular weight excluding hydrogens is 260 g/mol. The fourth-order valence-electron chi connectivity index (χ4n) is 1.18. The average molecular weight is 275 g/mol. The molecule has 2 N–H and O–H groups in total. The second-order valence-corrected chi connectivity index (χ2v) is 4.57. The molecule has 0 radical (unpaired) electrons. The molecule has 0 unspecified atom stereocenters. The largest absolute Gasteiger partial charge is 0.499 e. The van der Waals surface area contributed by atoms with Crippen molar-refractivity contribution in [2.45, 2.75) is 26.2 Å². The number of allylic oxidation sites excluding steroid dienone is 1. The van der Waals surface area contributed by atoms with Crippen molar-refractivity contribution >= 4 is 16.6 Å². The van der Waals surface area contributed by atoms with E-state index in [0.29, 0.717) is 0 Å². The highest BCUT2D eigenvalue weighted by molar-refractivity contribution is 7.81. The molecule has 0 bridgehead atoms. The molecule has 1 heterocycles. The van der Waals surface area contributed by atoms with Crippen molar-refractivity contribution in [3.05, 3.63) is 18.6 Å². The third kappa shape index (κ3) is 5.11. The van der Waals surface area contributed by atoms with Crippen LogP contribution in [0.1, 0.15) is 26.2 Å². The van der Waals surface area contributed by atoms with Gasteiger partial charge in [-0.25, -0.2) is 4.57 Å². The van der Waals surface area contributed by atoms with E-state index in [1.807, 2.05) is 6.08 Å². The lowest BCUT2D eigenvalue weighted by Crippen LogP contribution is -2.25. The second kappa shape index (κ2) is 6.31. The summed E-state index contributed by atoms with van der Waals surface area (Å²) < 4.78 is 34.8. The number of aromatic hydroxyl groups is 1. The Morgan fingerprint density at radius 2 is 2.28 bits per heavy atom. The Labute approximate surface area is 105 Å². The number of unbranched alkanes of at least 4 members (excludes halogenated alkanes) is 2. The summed E-state index contributed by atoms with van der Waals surface area (Å²) >= 11 is 0. The first-order valence-electron chi connectivity index (χ1n) is 5.35. The molecular formula is C10H15N2O5S+. The normalized spacial score (nSPS) is 11.9. The number of aromatic nitrogens is 2. The first kappa shape index (κ1) is 14.4. The van der Waals surface area contributed by atoms with Crippen LogP contribution in [0.3, 0.4) is 0 Å². The van der Waals surface area contributed by atoms with Gasteiger partial charge in [0, 0.05) is 0 Å². The lowest BCUT2D eigenvalue weighted by molar-refractivity contribution is -0.572. The van der Waals surface area contributed by atoms with Gasteiger partial charge in [-0.05, 0) is 23.9 Å². The van der Waals surface area contributed by atoms with Crippen molar-refractivity contribution in [1.29, 1.82) is 0 Å². The van der Waals surface area contributed by atoms with Crippen LogP contribution >= 0.6 is 0 Å². The van der Waals surface area contributed by atoms with Crippen LogP contribution in [-0.2, 0) is 10.4 Å². The molecule has 0 fully saturated rings. The van der Waals surface area contributed by atoms with Crippen LogP contribution < -0.4 is 8.75 Å². The molecule has 0 aliphatic heterocycles. The molecule has 1 aromatic rings. The van der Waals surface area contributed by atoms with Crippen LogP contribution in [0.25, 0.3) is 6.20 Å². The quantitative estimate of drug-likeness (QED) is 0.455. The maximum Gasteiger partial charge on any atom is 0.449 e. The van der Waals surface area contributed by atoms with E-state index in [9.17, 15) is 13.5 Å². The molecule has 1 aromatic heterocycles. The summed E-state index contributed by atoms with van der Waals surface area (Å²) in [5.41, 5.74) is 0. The van der Waals surface area contributed by atoms with Gasteiger partial charge in [-0.2, -0.15) is 8.42 Å². The number of hydrogen-bond acceptors (Lipinski definition) is 5. The lowest BCUT2D eigenvalue weighted by Gasteiger charge is -1.98. The first-order valence-corrected chi connectivity index (χ1v) is 6.72. The monoisotopic (exact) mass is 275 g/mol. The molecule has 1 rings (SSSR count). The third-order valence-electron chi connectivity index (χ3n) is 1.98. The van der Waals surface area contributed by atoms with Gasteiger partial charge in [-0.15, -0.1) is 0 Å². The summed E-state index contributed by atoms with van der Waals surface area (Å²) in [6.07, 6.45) is 9.08. The van der Waals surface area contributed by atoms with E-state index in [1.165, 1.54) is 17.1 Å². The Kier molecular flexibility index (Phi) is 5.05. The molecule has 0 aromatic carbocycles. The minimum atomic E-state index is -4.69. The topological polar surface area (TPSA) is 101 Å². The van der Waals surface area contributed by atoms with Crippen LogP contribution in [0, 0.1) is 0 Å². The molecule has 0 aliphatic rings. The summed E-state index contributed by atoms with van der Waals surface area (Å²) in [7, 11) is -4.69. The Hall–Kier alpha value is -1.67. The molecule has 0 saturated heterocycles. The second-order valence-electron chi connectivity index (χ2n) is 3.55. The summed E-state index contributed by atoms with van der Waals surface area (Å²) in [5, 5.41) is 9.44. The van der Waals surface area contributed by atoms with E-state index >= 15 is 0 Å². The van der Waals surface area contributed by atoms with E-state index in [-0.39, 0.29) is 0 Å². The van der Waals surface area contributed by atoms with Crippen molar-refractivity contribution in [3.63, 3.8) is 0 Å². The summed E-state index contributed by atoms with van der Waals surface area (Å²) in [6.45, 7) is 2.08. The number of nitrogens with zero attached hydrogens (tertiary/aromatic N) is 2. The Bertz CT molecular complexity index is 527. The minimum Gasteiger partial charge on any atom is -0.499 e. The van der Waals surface area contributed by atoms with E-state index < -0.39 is 22.0 Å². The van der Waals surface area contributed by atoms with Gasteiger partial charge in [-0.1, -0.05) is 13.3 Å². The van der Waals surface area contributed by atoms with Crippen molar-refractivity contribution < 1.29 is 26.8 Å². The van der Waals surface area contributed by atoms with Crippen molar-refractivity contribution in [3.8, 4) is 11.6 Å². The highest BCUT2D eigenvalue weighted by Crippen LogP contribution is 2.20. The Balaban J connectivity index is 2.76. The summed E-state index contributed by atoms with van der Waals surface area (Å²) in [5.74, 6) is -1.06. The van der Waals surface area contributed by atoms with E-state index in [2.05, 4.69) is 16.1 Å². The van der Waals surface area contributed by atoms with Gasteiger partial charge in [-0.3, -0.25) is 4.55 Å². The standard InChI is InChI=1S/C10H14N2O5S/c1-2-3-4-5-6-12-7-9(13)10(11-8-12)17-18(14,15)16/h5-8H,2-4H2,1H3,(H-,13,14,15,16)/p+1. The third-order valence-corrected chi connectivity index (χ3v) is 2.35. The molecule has 0 amide bonds. The van der Waals surface area contributed by atoms with Gasteiger partial charge in [0.25, 0.3) is 6.33 Å². The van der Waals surface area contributed by atoms with Gasteiger partial charge in [0.2, 0.25) is 5.75 Å². The zero-order valence-corrected chi connectivity index (χ0v) is 10.7. The van der Waals surface area contributed by atoms with Crippen molar-refractivity contribution in [2.24, 2.45) is 0 Å². The first-order chi connectivity index (χ1) is 8.42. The van der Waals surface area contributed by atoms with Crippen molar-refractivity contribution in [1.82, 2.24) is 4.98 Å². The smallest absolute Gasteiger partial charge is 0.449 e.